The smallest absolute Gasteiger partial charge is 0.191 e. The normalized spacial score (nSPS) is 12.4. The van der Waals surface area contributed by atoms with E-state index in [1.54, 1.807) is 13.3 Å². The van der Waals surface area contributed by atoms with Gasteiger partial charge in [-0.1, -0.05) is 30.3 Å². The fourth-order valence-corrected chi connectivity index (χ4v) is 3.83. The predicted octanol–water partition coefficient (Wildman–Crippen LogP) is 4.64. The number of hydrogen-bond donors (Lipinski definition) is 2. The second-order valence-electron chi connectivity index (χ2n) is 7.60. The molecule has 2 N–H and O–H groups in total. The highest BCUT2D eigenvalue weighted by Crippen LogP contribution is 2.35. The zero-order valence-corrected chi connectivity index (χ0v) is 19.8. The van der Waals surface area contributed by atoms with Crippen molar-refractivity contribution in [1.29, 1.82) is 0 Å². The van der Waals surface area contributed by atoms with Crippen LogP contribution in [0.5, 0.6) is 17.2 Å². The molecule has 3 aromatic carbocycles. The lowest BCUT2D eigenvalue weighted by molar-refractivity contribution is 0.171. The molecule has 0 spiro atoms. The van der Waals surface area contributed by atoms with Gasteiger partial charge in [-0.05, 0) is 54.7 Å². The molecule has 5 rings (SSSR count). The molecule has 1 aromatic heterocycles. The maximum atomic E-state index is 5.76. The molecule has 0 atom stereocenters. The summed E-state index contributed by atoms with van der Waals surface area (Å²) in [7, 11) is 1.61. The van der Waals surface area contributed by atoms with Gasteiger partial charge < -0.3 is 19.5 Å². The van der Waals surface area contributed by atoms with E-state index in [4.69, 9.17) is 31.5 Å². The first-order valence-corrected chi connectivity index (χ1v) is 11.4. The van der Waals surface area contributed by atoms with Crippen molar-refractivity contribution in [2.45, 2.75) is 0 Å². The highest BCUT2D eigenvalue weighted by molar-refractivity contribution is 7.80. The van der Waals surface area contributed by atoms with Crippen molar-refractivity contribution in [3.8, 4) is 34.2 Å². The van der Waals surface area contributed by atoms with Crippen molar-refractivity contribution < 1.29 is 14.2 Å². The molecule has 35 heavy (non-hydrogen) atoms. The second kappa shape index (κ2) is 10.3. The van der Waals surface area contributed by atoms with Gasteiger partial charge in [0.1, 0.15) is 24.7 Å². The first-order valence-electron chi connectivity index (χ1n) is 11.0. The fourth-order valence-electron chi connectivity index (χ4n) is 3.67. The SMILES string of the molecule is COc1ccccc1NC(=S)N/N=C/c1cn(-c2ccccc2)nc1-c1ccc2c(c1)OCCO2. The molecule has 8 nitrogen and oxygen atoms in total. The summed E-state index contributed by atoms with van der Waals surface area (Å²) in [5, 5.41) is 12.6. The van der Waals surface area contributed by atoms with Crippen molar-refractivity contribution in [3.63, 3.8) is 0 Å². The molecule has 0 amide bonds. The van der Waals surface area contributed by atoms with Gasteiger partial charge in [-0.25, -0.2) is 4.68 Å². The average Bonchev–Trinajstić information content (AvgIpc) is 3.33. The molecule has 1 aliphatic heterocycles. The Labute approximate surface area is 208 Å². The van der Waals surface area contributed by atoms with Gasteiger partial charge in [-0.15, -0.1) is 0 Å². The Balaban J connectivity index is 1.41. The van der Waals surface area contributed by atoms with Gasteiger partial charge in [-0.3, -0.25) is 5.43 Å². The topological polar surface area (TPSA) is 81.9 Å². The minimum Gasteiger partial charge on any atom is -0.495 e. The third-order valence-corrected chi connectivity index (χ3v) is 5.50. The summed E-state index contributed by atoms with van der Waals surface area (Å²) in [4.78, 5) is 0. The summed E-state index contributed by atoms with van der Waals surface area (Å²) in [5.74, 6) is 2.11. The van der Waals surface area contributed by atoms with Crippen LogP contribution in [-0.2, 0) is 0 Å². The summed E-state index contributed by atoms with van der Waals surface area (Å²) in [6.07, 6.45) is 3.61. The predicted molar refractivity (Wildman–Crippen MR) is 140 cm³/mol. The summed E-state index contributed by atoms with van der Waals surface area (Å²) >= 11 is 5.39. The summed E-state index contributed by atoms with van der Waals surface area (Å²) in [6, 6.07) is 23.2. The van der Waals surface area contributed by atoms with Crippen molar-refractivity contribution in [2.24, 2.45) is 5.10 Å². The number of fused-ring (bicyclic) bond motifs is 1. The molecule has 4 aromatic rings. The molecule has 0 aliphatic carbocycles. The number of hydrazone groups is 1. The summed E-state index contributed by atoms with van der Waals surface area (Å²) < 4.78 is 18.6. The van der Waals surface area contributed by atoms with Crippen LogP contribution in [0.1, 0.15) is 5.56 Å². The van der Waals surface area contributed by atoms with Crippen LogP contribution in [0.25, 0.3) is 16.9 Å². The van der Waals surface area contributed by atoms with Gasteiger partial charge in [0.15, 0.2) is 16.6 Å². The maximum absolute atomic E-state index is 5.76. The lowest BCUT2D eigenvalue weighted by atomic mass is 10.1. The number of aromatic nitrogens is 2. The zero-order valence-electron chi connectivity index (χ0n) is 19.0. The zero-order chi connectivity index (χ0) is 24.0. The number of para-hydroxylation sites is 3. The van der Waals surface area contributed by atoms with Gasteiger partial charge >= 0.3 is 0 Å². The van der Waals surface area contributed by atoms with E-state index in [-0.39, 0.29) is 0 Å². The van der Waals surface area contributed by atoms with Crippen LogP contribution in [0.3, 0.4) is 0 Å². The number of benzene rings is 3. The third-order valence-electron chi connectivity index (χ3n) is 5.30. The second-order valence-corrected chi connectivity index (χ2v) is 8.00. The van der Waals surface area contributed by atoms with Crippen LogP contribution < -0.4 is 25.0 Å². The van der Waals surface area contributed by atoms with E-state index in [2.05, 4.69) is 15.8 Å². The Hall–Kier alpha value is -4.37. The molecule has 176 valence electrons. The van der Waals surface area contributed by atoms with Crippen LogP contribution in [0.15, 0.2) is 84.1 Å². The molecule has 0 bridgehead atoms. The number of thiocarbonyl (C=S) groups is 1. The Kier molecular flexibility index (Phi) is 6.58. The van der Waals surface area contributed by atoms with Crippen LogP contribution >= 0.6 is 12.2 Å². The minimum absolute atomic E-state index is 0.335. The van der Waals surface area contributed by atoms with E-state index in [0.29, 0.717) is 29.8 Å². The molecule has 9 heteroatoms. The molecular formula is C26H23N5O3S. The Morgan fingerprint density at radius 2 is 1.80 bits per heavy atom. The summed E-state index contributed by atoms with van der Waals surface area (Å²) in [5.41, 5.74) is 6.99. The van der Waals surface area contributed by atoms with Crippen molar-refractivity contribution >= 4 is 29.2 Å². The standard InChI is InChI=1S/C26H23N5O3S/c1-32-22-10-6-5-9-21(22)28-26(35)29-27-16-19-17-31(20-7-3-2-4-8-20)30-25(19)18-11-12-23-24(15-18)34-14-13-33-23/h2-12,15-17H,13-14H2,1H3,(H2,28,29,35)/b27-16+. The molecule has 0 unspecified atom stereocenters. The monoisotopic (exact) mass is 485 g/mol. The highest BCUT2D eigenvalue weighted by Gasteiger charge is 2.16. The van der Waals surface area contributed by atoms with E-state index < -0.39 is 0 Å². The quantitative estimate of drug-likeness (QED) is 0.234. The largest absolute Gasteiger partial charge is 0.495 e. The Morgan fingerprint density at radius 1 is 1.03 bits per heavy atom. The van der Waals surface area contributed by atoms with Gasteiger partial charge in [0.25, 0.3) is 0 Å². The molecule has 2 heterocycles. The molecule has 0 radical (unpaired) electrons. The average molecular weight is 486 g/mol. The number of nitrogens with one attached hydrogen (secondary N) is 2. The molecule has 0 saturated heterocycles. The Bertz CT molecular complexity index is 1370. The summed E-state index contributed by atoms with van der Waals surface area (Å²) in [6.45, 7) is 1.06. The van der Waals surface area contributed by atoms with Crippen molar-refractivity contribution in [1.82, 2.24) is 15.2 Å². The van der Waals surface area contributed by atoms with E-state index in [1.807, 2.05) is 83.7 Å². The number of hydrogen-bond acceptors (Lipinski definition) is 6. The minimum atomic E-state index is 0.335. The van der Waals surface area contributed by atoms with Gasteiger partial charge in [0.05, 0.1) is 24.7 Å². The molecule has 0 fully saturated rings. The van der Waals surface area contributed by atoms with E-state index in [1.165, 1.54) is 0 Å². The molecular weight excluding hydrogens is 462 g/mol. The van der Waals surface area contributed by atoms with Crippen LogP contribution in [0.4, 0.5) is 5.69 Å². The molecule has 0 saturated carbocycles. The lowest BCUT2D eigenvalue weighted by Gasteiger charge is -2.18. The first-order chi connectivity index (χ1) is 17.2. The number of rotatable bonds is 6. The fraction of sp³-hybridized carbons (Fsp3) is 0.115. The number of methoxy groups -OCH3 is 1. The number of nitrogens with zero attached hydrogens (tertiary/aromatic N) is 3. The highest BCUT2D eigenvalue weighted by atomic mass is 32.1. The Morgan fingerprint density at radius 3 is 2.63 bits per heavy atom. The number of anilines is 1. The van der Waals surface area contributed by atoms with Gasteiger partial charge in [0, 0.05) is 17.3 Å². The number of ether oxygens (including phenoxy) is 3. The lowest BCUT2D eigenvalue weighted by Crippen LogP contribution is -2.24. The van der Waals surface area contributed by atoms with Crippen LogP contribution in [0.2, 0.25) is 0 Å². The van der Waals surface area contributed by atoms with Crippen LogP contribution in [-0.4, -0.2) is 41.4 Å². The van der Waals surface area contributed by atoms with Crippen molar-refractivity contribution in [2.75, 3.05) is 25.6 Å². The van der Waals surface area contributed by atoms with Crippen LogP contribution in [0, 0.1) is 0 Å². The van der Waals surface area contributed by atoms with Crippen molar-refractivity contribution in [3.05, 3.63) is 84.6 Å². The van der Waals surface area contributed by atoms with Gasteiger partial charge in [-0.2, -0.15) is 10.2 Å². The van der Waals surface area contributed by atoms with E-state index in [9.17, 15) is 0 Å². The first kappa shape index (κ1) is 22.4. The van der Waals surface area contributed by atoms with Gasteiger partial charge in [0.2, 0.25) is 0 Å². The molecule has 1 aliphatic rings. The third kappa shape index (κ3) is 5.10. The maximum Gasteiger partial charge on any atom is 0.191 e. The van der Waals surface area contributed by atoms with E-state index in [0.717, 1.165) is 33.9 Å². The van der Waals surface area contributed by atoms with E-state index >= 15 is 0 Å².